The number of hydrogen-bond acceptors (Lipinski definition) is 4. The van der Waals surface area contributed by atoms with E-state index in [-0.39, 0.29) is 28.4 Å². The summed E-state index contributed by atoms with van der Waals surface area (Å²) in [5.41, 5.74) is 18.4. The van der Waals surface area contributed by atoms with Gasteiger partial charge >= 0.3 is 0 Å². The van der Waals surface area contributed by atoms with Gasteiger partial charge in [0.1, 0.15) is 11.5 Å². The molecular formula is C66H64BN3OS. The first-order chi connectivity index (χ1) is 34.2. The van der Waals surface area contributed by atoms with Gasteiger partial charge in [-0.3, -0.25) is 0 Å². The summed E-state index contributed by atoms with van der Waals surface area (Å²) in [5, 5.41) is 3.87. The molecule has 4 heterocycles. The third-order valence-corrected chi connectivity index (χ3v) is 16.5. The molecule has 0 amide bonds. The second-order valence-electron chi connectivity index (χ2n) is 24.3. The summed E-state index contributed by atoms with van der Waals surface area (Å²) in [6, 6.07) is 64.1. The topological polar surface area (TPSA) is 20.6 Å². The van der Waals surface area contributed by atoms with E-state index in [9.17, 15) is 0 Å². The smallest absolute Gasteiger partial charge is 0.273 e. The molecule has 0 N–H and O–H groups in total. The monoisotopic (exact) mass is 957 g/mol. The Morgan fingerprint density at radius 2 is 0.931 bits per heavy atom. The maximum Gasteiger partial charge on any atom is 0.273 e. The van der Waals surface area contributed by atoms with Crippen LogP contribution in [0.2, 0.25) is 0 Å². The van der Waals surface area contributed by atoms with Gasteiger partial charge in [0, 0.05) is 71.3 Å². The Bertz CT molecular complexity index is 3740. The second kappa shape index (κ2) is 16.2. The number of hydrogen-bond donors (Lipinski definition) is 0. The molecule has 0 saturated carbocycles. The molecule has 0 saturated heterocycles. The summed E-state index contributed by atoms with van der Waals surface area (Å²) >= 11 is 1.91. The number of benzene rings is 8. The SMILES string of the molecule is CC(C)(C)c1ccc(Oc2ccc3c(c2)N(c2ccc(C(C)(C)C)cc2)c2cccc4c2B3c2c(c3c5sc6ccccc6c5ccc3n2-c2ccc(C(C)(C)C)cc2)N4c2ccc(C(C)(C)C)cc2)cc1. The van der Waals surface area contributed by atoms with Crippen molar-refractivity contribution in [1.29, 1.82) is 0 Å². The van der Waals surface area contributed by atoms with Gasteiger partial charge in [-0.2, -0.15) is 0 Å². The van der Waals surface area contributed by atoms with Crippen LogP contribution in [-0.4, -0.2) is 11.3 Å². The van der Waals surface area contributed by atoms with Crippen molar-refractivity contribution in [3.63, 3.8) is 0 Å². The van der Waals surface area contributed by atoms with Crippen LogP contribution < -0.4 is 31.1 Å². The summed E-state index contributed by atoms with van der Waals surface area (Å²) in [7, 11) is 0. The van der Waals surface area contributed by atoms with Crippen molar-refractivity contribution < 1.29 is 4.74 Å². The van der Waals surface area contributed by atoms with Crippen molar-refractivity contribution >= 4 is 99.8 Å². The molecule has 0 atom stereocenters. The van der Waals surface area contributed by atoms with E-state index in [1.807, 2.05) is 11.3 Å². The van der Waals surface area contributed by atoms with Crippen molar-refractivity contribution in [2.45, 2.75) is 105 Å². The molecule has 0 radical (unpaired) electrons. The first-order valence-corrected chi connectivity index (χ1v) is 26.5. The molecule has 0 unspecified atom stereocenters. The summed E-state index contributed by atoms with van der Waals surface area (Å²) in [5.74, 6) is 1.62. The van der Waals surface area contributed by atoms with E-state index in [2.05, 4.69) is 267 Å². The highest BCUT2D eigenvalue weighted by atomic mass is 32.1. The van der Waals surface area contributed by atoms with Gasteiger partial charge in [0.05, 0.1) is 11.2 Å². The highest BCUT2D eigenvalue weighted by Crippen LogP contribution is 2.51. The Morgan fingerprint density at radius 1 is 0.431 bits per heavy atom. The lowest BCUT2D eigenvalue weighted by atomic mass is 9.35. The van der Waals surface area contributed by atoms with Gasteiger partial charge in [0.25, 0.3) is 6.71 Å². The Hall–Kier alpha value is -7.02. The largest absolute Gasteiger partial charge is 0.457 e. The summed E-state index contributed by atoms with van der Waals surface area (Å²) in [4.78, 5) is 5.10. The standard InChI is InChI=1S/C66H64BN3OS/c1-63(2,3)41-20-28-45(29-21-41)68-54-17-15-18-55-59(54)67(52-38-36-49(40-56(52)68)71-48-34-26-44(27-35-48)66(10,11)12)62-60(69(55)46-30-22-42(23-31-46)64(4,5)6)58-53(70(62)47-32-24-43(25-33-47)65(7,8)9)39-37-51-50-16-13-14-19-57(50)72-61(51)58/h13-40H,1-12H3. The lowest BCUT2D eigenvalue weighted by Crippen LogP contribution is -2.62. The minimum atomic E-state index is -0.143. The van der Waals surface area contributed by atoms with Crippen molar-refractivity contribution in [1.82, 2.24) is 4.57 Å². The summed E-state index contributed by atoms with van der Waals surface area (Å²) in [6.45, 7) is 27.3. The van der Waals surface area contributed by atoms with E-state index >= 15 is 0 Å². The predicted octanol–water partition coefficient (Wildman–Crippen LogP) is 17.1. The maximum atomic E-state index is 6.85. The van der Waals surface area contributed by atoms with Crippen molar-refractivity contribution in [3.8, 4) is 17.2 Å². The number of anilines is 6. The molecule has 0 spiro atoms. The average molecular weight is 958 g/mol. The van der Waals surface area contributed by atoms with E-state index in [0.717, 1.165) is 39.9 Å². The van der Waals surface area contributed by atoms with Crippen molar-refractivity contribution in [2.24, 2.45) is 0 Å². The lowest BCUT2D eigenvalue weighted by molar-refractivity contribution is 0.481. The van der Waals surface area contributed by atoms with E-state index in [0.29, 0.717) is 0 Å². The average Bonchev–Trinajstić information content (AvgIpc) is 3.89. The van der Waals surface area contributed by atoms with Crippen LogP contribution in [0.5, 0.6) is 11.5 Å². The minimum absolute atomic E-state index is 0.00622. The number of nitrogens with zero attached hydrogens (tertiary/aromatic N) is 3. The van der Waals surface area contributed by atoms with E-state index in [1.165, 1.54) is 81.2 Å². The predicted molar refractivity (Wildman–Crippen MR) is 312 cm³/mol. The van der Waals surface area contributed by atoms with Crippen LogP contribution in [0.3, 0.4) is 0 Å². The molecule has 2 aliphatic rings. The highest BCUT2D eigenvalue weighted by Gasteiger charge is 2.47. The molecule has 10 aromatic rings. The number of thiophene rings is 1. The van der Waals surface area contributed by atoms with E-state index < -0.39 is 0 Å². The number of fused-ring (bicyclic) bond motifs is 10. The van der Waals surface area contributed by atoms with Crippen LogP contribution >= 0.6 is 11.3 Å². The van der Waals surface area contributed by atoms with Crippen LogP contribution in [-0.2, 0) is 21.7 Å². The van der Waals surface area contributed by atoms with Gasteiger partial charge in [0.15, 0.2) is 0 Å². The Morgan fingerprint density at radius 3 is 1.50 bits per heavy atom. The molecule has 2 aliphatic heterocycles. The molecule has 0 aliphatic carbocycles. The summed E-state index contributed by atoms with van der Waals surface area (Å²) < 4.78 is 12.1. The number of ether oxygens (including phenoxy) is 1. The van der Waals surface area contributed by atoms with Gasteiger partial charge in [-0.1, -0.05) is 168 Å². The number of rotatable bonds is 5. The zero-order valence-corrected chi connectivity index (χ0v) is 44.7. The van der Waals surface area contributed by atoms with Crippen LogP contribution in [0.25, 0.3) is 36.8 Å². The Labute approximate surface area is 430 Å². The normalized spacial score (nSPS) is 13.8. The zero-order valence-electron chi connectivity index (χ0n) is 43.9. The molecule has 72 heavy (non-hydrogen) atoms. The minimum Gasteiger partial charge on any atom is -0.457 e. The molecule has 8 aromatic carbocycles. The summed E-state index contributed by atoms with van der Waals surface area (Å²) in [6.07, 6.45) is 0. The quantitative estimate of drug-likeness (QED) is 0.160. The highest BCUT2D eigenvalue weighted by molar-refractivity contribution is 7.26. The van der Waals surface area contributed by atoms with Gasteiger partial charge in [0.2, 0.25) is 0 Å². The molecule has 2 aromatic heterocycles. The van der Waals surface area contributed by atoms with Crippen LogP contribution in [0, 0.1) is 0 Å². The Balaban J connectivity index is 1.19. The molecule has 12 rings (SSSR count). The van der Waals surface area contributed by atoms with Crippen LogP contribution in [0.4, 0.5) is 34.1 Å². The molecule has 0 fully saturated rings. The van der Waals surface area contributed by atoms with Crippen molar-refractivity contribution in [2.75, 3.05) is 9.80 Å². The number of aromatic nitrogens is 1. The van der Waals surface area contributed by atoms with Gasteiger partial charge in [-0.15, -0.1) is 11.3 Å². The third-order valence-electron chi connectivity index (χ3n) is 15.3. The van der Waals surface area contributed by atoms with Crippen molar-refractivity contribution in [3.05, 3.63) is 192 Å². The fourth-order valence-electron chi connectivity index (χ4n) is 11.3. The van der Waals surface area contributed by atoms with Gasteiger partial charge in [-0.05, 0) is 134 Å². The molecule has 0 bridgehead atoms. The lowest BCUT2D eigenvalue weighted by Gasteiger charge is -2.43. The Kier molecular flexibility index (Phi) is 10.4. The van der Waals surface area contributed by atoms with Crippen LogP contribution in [0.15, 0.2) is 170 Å². The van der Waals surface area contributed by atoms with Crippen LogP contribution in [0.1, 0.15) is 105 Å². The molecule has 6 heteroatoms. The van der Waals surface area contributed by atoms with E-state index in [4.69, 9.17) is 4.74 Å². The van der Waals surface area contributed by atoms with Gasteiger partial charge < -0.3 is 19.1 Å². The first kappa shape index (κ1) is 46.1. The first-order valence-electron chi connectivity index (χ1n) is 25.7. The molecular weight excluding hydrogens is 894 g/mol. The molecule has 4 nitrogen and oxygen atoms in total. The van der Waals surface area contributed by atoms with E-state index in [1.54, 1.807) is 0 Å². The third kappa shape index (κ3) is 7.47. The molecule has 358 valence electrons. The maximum absolute atomic E-state index is 6.85. The fraction of sp³-hybridized carbons (Fsp3) is 0.242. The van der Waals surface area contributed by atoms with Gasteiger partial charge in [-0.25, -0.2) is 0 Å². The fourth-order valence-corrected chi connectivity index (χ4v) is 12.6. The second-order valence-corrected chi connectivity index (χ2v) is 25.4. The zero-order chi connectivity index (χ0) is 50.2.